The Morgan fingerprint density at radius 3 is 2.54 bits per heavy atom. The van der Waals surface area contributed by atoms with Gasteiger partial charge in [-0.05, 0) is 59.2 Å². The van der Waals surface area contributed by atoms with Gasteiger partial charge in [-0.15, -0.1) is 0 Å². The summed E-state index contributed by atoms with van der Waals surface area (Å²) in [5.41, 5.74) is 4.55. The monoisotopic (exact) mass is 472 g/mol. The molecule has 1 atom stereocenters. The maximum absolute atomic E-state index is 12.7. The largest absolute Gasteiger partial charge is 0.507 e. The van der Waals surface area contributed by atoms with Crippen LogP contribution in [0, 0.1) is 0 Å². The van der Waals surface area contributed by atoms with Crippen LogP contribution in [0.2, 0.25) is 0 Å². The molecule has 0 spiro atoms. The fraction of sp³-hybridized carbons (Fsp3) is 0.310. The molecule has 0 fully saturated rings. The van der Waals surface area contributed by atoms with Gasteiger partial charge in [0.1, 0.15) is 11.5 Å². The molecule has 182 valence electrons. The SMILES string of the molecule is CC(C)(C)c1ccc(CCC(CNC(=O)c2ccccc2O)c2ccc3c(c2)OCC(=O)N3)cc1. The van der Waals surface area contributed by atoms with Gasteiger partial charge in [0, 0.05) is 12.5 Å². The lowest BCUT2D eigenvalue weighted by Gasteiger charge is -2.23. The molecule has 0 aromatic heterocycles. The third-order valence-corrected chi connectivity index (χ3v) is 6.37. The molecular weight excluding hydrogens is 440 g/mol. The van der Waals surface area contributed by atoms with E-state index < -0.39 is 0 Å². The van der Waals surface area contributed by atoms with Crippen molar-refractivity contribution in [2.45, 2.75) is 44.9 Å². The van der Waals surface area contributed by atoms with Gasteiger partial charge in [-0.1, -0.05) is 63.2 Å². The van der Waals surface area contributed by atoms with E-state index in [1.54, 1.807) is 18.2 Å². The topological polar surface area (TPSA) is 87.7 Å². The number of phenols is 1. The van der Waals surface area contributed by atoms with Crippen LogP contribution in [0.5, 0.6) is 11.5 Å². The van der Waals surface area contributed by atoms with Gasteiger partial charge in [0.2, 0.25) is 0 Å². The fourth-order valence-corrected chi connectivity index (χ4v) is 4.22. The summed E-state index contributed by atoms with van der Waals surface area (Å²) in [5, 5.41) is 15.8. The third-order valence-electron chi connectivity index (χ3n) is 6.37. The van der Waals surface area contributed by atoms with Gasteiger partial charge < -0.3 is 20.5 Å². The van der Waals surface area contributed by atoms with E-state index in [0.29, 0.717) is 18.0 Å². The molecular formula is C29H32N2O4. The van der Waals surface area contributed by atoms with Gasteiger partial charge in [-0.3, -0.25) is 9.59 Å². The van der Waals surface area contributed by atoms with Gasteiger partial charge in [0.15, 0.2) is 6.61 Å². The van der Waals surface area contributed by atoms with Crippen LogP contribution >= 0.6 is 0 Å². The molecule has 2 amide bonds. The minimum Gasteiger partial charge on any atom is -0.507 e. The van der Waals surface area contributed by atoms with Crippen molar-refractivity contribution >= 4 is 17.5 Å². The maximum Gasteiger partial charge on any atom is 0.262 e. The van der Waals surface area contributed by atoms with Gasteiger partial charge in [-0.25, -0.2) is 0 Å². The molecule has 0 aliphatic carbocycles. The molecule has 0 bridgehead atoms. The second kappa shape index (κ2) is 10.2. The molecule has 1 aliphatic rings. The number of amides is 2. The zero-order valence-electron chi connectivity index (χ0n) is 20.4. The molecule has 1 aliphatic heterocycles. The van der Waals surface area contributed by atoms with Gasteiger partial charge in [-0.2, -0.15) is 0 Å². The maximum atomic E-state index is 12.7. The van der Waals surface area contributed by atoms with Crippen molar-refractivity contribution in [3.05, 3.63) is 89.0 Å². The lowest BCUT2D eigenvalue weighted by Crippen LogP contribution is -2.29. The Labute approximate surface area is 206 Å². The highest BCUT2D eigenvalue weighted by Crippen LogP contribution is 2.33. The smallest absolute Gasteiger partial charge is 0.262 e. The van der Waals surface area contributed by atoms with Gasteiger partial charge >= 0.3 is 0 Å². The van der Waals surface area contributed by atoms with E-state index in [1.165, 1.54) is 17.2 Å². The summed E-state index contributed by atoms with van der Waals surface area (Å²) in [6.45, 7) is 6.99. The Kier molecular flexibility index (Phi) is 7.10. The van der Waals surface area contributed by atoms with E-state index in [-0.39, 0.29) is 41.1 Å². The number of nitrogens with one attached hydrogen (secondary N) is 2. The first-order valence-corrected chi connectivity index (χ1v) is 11.9. The number of para-hydroxylation sites is 1. The highest BCUT2D eigenvalue weighted by atomic mass is 16.5. The van der Waals surface area contributed by atoms with Crippen LogP contribution in [0.25, 0.3) is 0 Å². The Bertz CT molecular complexity index is 1210. The number of hydrogen-bond donors (Lipinski definition) is 3. The summed E-state index contributed by atoms with van der Waals surface area (Å²) in [6, 6.07) is 21.0. The van der Waals surface area contributed by atoms with Crippen molar-refractivity contribution in [2.24, 2.45) is 0 Å². The summed E-state index contributed by atoms with van der Waals surface area (Å²) < 4.78 is 5.61. The average molecular weight is 473 g/mol. The standard InChI is InChI=1S/C29H32N2O4/c1-29(2,3)22-13-9-19(10-14-22)8-11-21(17-30-28(34)23-6-4-5-7-25(23)32)20-12-15-24-26(16-20)35-18-27(33)31-24/h4-7,9-10,12-16,21,32H,8,11,17-18H2,1-3H3,(H,30,34)(H,31,33). The summed E-state index contributed by atoms with van der Waals surface area (Å²) in [6.07, 6.45) is 1.65. The Morgan fingerprint density at radius 2 is 1.83 bits per heavy atom. The Hall–Kier alpha value is -3.80. The molecule has 0 saturated heterocycles. The summed E-state index contributed by atoms with van der Waals surface area (Å²) in [5.74, 6) is 0.116. The minimum atomic E-state index is -0.316. The lowest BCUT2D eigenvalue weighted by molar-refractivity contribution is -0.118. The molecule has 3 aromatic rings. The highest BCUT2D eigenvalue weighted by Gasteiger charge is 2.21. The molecule has 0 saturated carbocycles. The second-order valence-electron chi connectivity index (χ2n) is 10.0. The number of carbonyl (C=O) groups excluding carboxylic acids is 2. The predicted molar refractivity (Wildman–Crippen MR) is 137 cm³/mol. The predicted octanol–water partition coefficient (Wildman–Crippen LogP) is 5.17. The lowest BCUT2D eigenvalue weighted by atomic mass is 9.86. The van der Waals surface area contributed by atoms with E-state index in [4.69, 9.17) is 4.74 Å². The molecule has 3 N–H and O–H groups in total. The zero-order chi connectivity index (χ0) is 25.0. The molecule has 0 radical (unpaired) electrons. The third kappa shape index (κ3) is 6.01. The Balaban J connectivity index is 1.51. The Morgan fingerprint density at radius 1 is 1.09 bits per heavy atom. The summed E-state index contributed by atoms with van der Waals surface area (Å²) in [4.78, 5) is 24.4. The first kappa shape index (κ1) is 24.3. The van der Waals surface area contributed by atoms with Crippen LogP contribution < -0.4 is 15.4 Å². The van der Waals surface area contributed by atoms with Crippen molar-refractivity contribution in [3.8, 4) is 11.5 Å². The number of ether oxygens (including phenoxy) is 1. The number of aromatic hydroxyl groups is 1. The number of carbonyl (C=O) groups is 2. The van der Waals surface area contributed by atoms with Crippen LogP contribution in [-0.2, 0) is 16.6 Å². The van der Waals surface area contributed by atoms with Crippen LogP contribution in [0.4, 0.5) is 5.69 Å². The first-order chi connectivity index (χ1) is 16.7. The van der Waals surface area contributed by atoms with Crippen molar-refractivity contribution in [1.82, 2.24) is 5.32 Å². The van der Waals surface area contributed by atoms with E-state index in [9.17, 15) is 14.7 Å². The van der Waals surface area contributed by atoms with Crippen molar-refractivity contribution < 1.29 is 19.4 Å². The quantitative estimate of drug-likeness (QED) is 0.443. The summed E-state index contributed by atoms with van der Waals surface area (Å²) >= 11 is 0. The van der Waals surface area contributed by atoms with E-state index in [1.807, 2.05) is 18.2 Å². The van der Waals surface area contributed by atoms with E-state index in [0.717, 1.165) is 18.4 Å². The normalized spacial score (nSPS) is 13.9. The second-order valence-corrected chi connectivity index (χ2v) is 10.0. The van der Waals surface area contributed by atoms with Crippen LogP contribution in [0.3, 0.4) is 0 Å². The van der Waals surface area contributed by atoms with Crippen molar-refractivity contribution in [1.29, 1.82) is 0 Å². The molecule has 1 unspecified atom stereocenters. The zero-order valence-corrected chi connectivity index (χ0v) is 20.4. The number of aryl methyl sites for hydroxylation is 1. The van der Waals surface area contributed by atoms with Gasteiger partial charge in [0.05, 0.1) is 11.3 Å². The molecule has 6 nitrogen and oxygen atoms in total. The van der Waals surface area contributed by atoms with E-state index >= 15 is 0 Å². The van der Waals surface area contributed by atoms with Crippen LogP contribution in [0.1, 0.15) is 60.2 Å². The molecule has 1 heterocycles. The number of phenolic OH excluding ortho intramolecular Hbond substituents is 1. The van der Waals surface area contributed by atoms with E-state index in [2.05, 4.69) is 55.7 Å². The molecule has 4 rings (SSSR count). The minimum absolute atomic E-state index is 0.00867. The van der Waals surface area contributed by atoms with Crippen molar-refractivity contribution in [2.75, 3.05) is 18.5 Å². The first-order valence-electron chi connectivity index (χ1n) is 11.9. The number of anilines is 1. The average Bonchev–Trinajstić information content (AvgIpc) is 2.83. The highest BCUT2D eigenvalue weighted by molar-refractivity contribution is 5.97. The fourth-order valence-electron chi connectivity index (χ4n) is 4.22. The molecule has 6 heteroatoms. The van der Waals surface area contributed by atoms with Gasteiger partial charge in [0.25, 0.3) is 11.8 Å². The molecule has 3 aromatic carbocycles. The number of hydrogen-bond acceptors (Lipinski definition) is 4. The van der Waals surface area contributed by atoms with Crippen LogP contribution in [0.15, 0.2) is 66.7 Å². The van der Waals surface area contributed by atoms with Crippen LogP contribution in [-0.4, -0.2) is 30.1 Å². The number of rotatable bonds is 7. The number of benzene rings is 3. The number of fused-ring (bicyclic) bond motifs is 1. The summed E-state index contributed by atoms with van der Waals surface area (Å²) in [7, 11) is 0. The van der Waals surface area contributed by atoms with Crippen molar-refractivity contribution in [3.63, 3.8) is 0 Å². The molecule has 35 heavy (non-hydrogen) atoms.